The largest absolute Gasteiger partial charge is 0.334 e. The van der Waals surface area contributed by atoms with Gasteiger partial charge in [-0.25, -0.2) is 4.39 Å². The predicted molar refractivity (Wildman–Crippen MR) is 99.7 cm³/mol. The van der Waals surface area contributed by atoms with Crippen LogP contribution in [0.1, 0.15) is 31.4 Å². The van der Waals surface area contributed by atoms with E-state index in [9.17, 15) is 9.18 Å². The third-order valence-corrected chi connectivity index (χ3v) is 5.00. The van der Waals surface area contributed by atoms with E-state index < -0.39 is 0 Å². The van der Waals surface area contributed by atoms with Gasteiger partial charge in [-0.05, 0) is 41.3 Å². The third-order valence-electron chi connectivity index (χ3n) is 5.00. The van der Waals surface area contributed by atoms with Gasteiger partial charge in [0.2, 0.25) is 5.91 Å². The van der Waals surface area contributed by atoms with Gasteiger partial charge in [0.05, 0.1) is 0 Å². The molecule has 1 aliphatic heterocycles. The summed E-state index contributed by atoms with van der Waals surface area (Å²) in [6, 6.07) is 10.6. The molecule has 1 amide bonds. The zero-order chi connectivity index (χ0) is 18.5. The zero-order valence-electron chi connectivity index (χ0n) is 15.4. The van der Waals surface area contributed by atoms with Crippen LogP contribution in [0.5, 0.6) is 0 Å². The first-order chi connectivity index (χ1) is 12.5. The molecule has 0 bridgehead atoms. The van der Waals surface area contributed by atoms with Gasteiger partial charge in [-0.2, -0.15) is 0 Å². The van der Waals surface area contributed by atoms with E-state index in [1.54, 1.807) is 24.5 Å². The van der Waals surface area contributed by atoms with Crippen molar-refractivity contribution in [3.63, 3.8) is 0 Å². The molecule has 2 aromatic rings. The van der Waals surface area contributed by atoms with Gasteiger partial charge < -0.3 is 4.90 Å². The van der Waals surface area contributed by atoms with Gasteiger partial charge in [-0.15, -0.1) is 0 Å². The molecular formula is C21H26FN3O. The summed E-state index contributed by atoms with van der Waals surface area (Å²) in [7, 11) is 0. The minimum absolute atomic E-state index is 0.136. The van der Waals surface area contributed by atoms with Crippen LogP contribution in [0.2, 0.25) is 0 Å². The van der Waals surface area contributed by atoms with Crippen molar-refractivity contribution >= 4 is 5.91 Å². The first-order valence-corrected chi connectivity index (χ1v) is 9.18. The van der Waals surface area contributed by atoms with Crippen molar-refractivity contribution in [1.82, 2.24) is 14.8 Å². The Labute approximate surface area is 154 Å². The van der Waals surface area contributed by atoms with Crippen LogP contribution in [0.3, 0.4) is 0 Å². The molecule has 138 valence electrons. The Hall–Kier alpha value is -2.27. The van der Waals surface area contributed by atoms with Crippen LogP contribution in [-0.2, 0) is 17.9 Å². The van der Waals surface area contributed by atoms with E-state index in [4.69, 9.17) is 0 Å². The Kier molecular flexibility index (Phi) is 5.99. The fraction of sp³-hybridized carbons (Fsp3) is 0.429. The number of benzene rings is 1. The number of pyridine rings is 1. The minimum Gasteiger partial charge on any atom is -0.334 e. The third kappa shape index (κ3) is 4.67. The number of aromatic nitrogens is 1. The molecule has 0 N–H and O–H groups in total. The number of carbonyl (C=O) groups is 1. The first-order valence-electron chi connectivity index (χ1n) is 9.18. The van der Waals surface area contributed by atoms with Crippen molar-refractivity contribution < 1.29 is 9.18 Å². The summed E-state index contributed by atoms with van der Waals surface area (Å²) in [6.07, 6.45) is 4.12. The molecule has 1 fully saturated rings. The number of amides is 1. The molecule has 1 aliphatic rings. The molecule has 1 saturated heterocycles. The lowest BCUT2D eigenvalue weighted by atomic mass is 10.0. The summed E-state index contributed by atoms with van der Waals surface area (Å²) in [5, 5.41) is 0. The Morgan fingerprint density at radius 2 is 1.73 bits per heavy atom. The number of hydrogen-bond acceptors (Lipinski definition) is 3. The van der Waals surface area contributed by atoms with Crippen molar-refractivity contribution in [3.05, 3.63) is 65.7 Å². The number of rotatable bonds is 5. The van der Waals surface area contributed by atoms with Crippen molar-refractivity contribution in [3.8, 4) is 0 Å². The van der Waals surface area contributed by atoms with Crippen LogP contribution < -0.4 is 0 Å². The Morgan fingerprint density at radius 3 is 2.38 bits per heavy atom. The molecule has 1 atom stereocenters. The van der Waals surface area contributed by atoms with E-state index in [2.05, 4.69) is 23.7 Å². The molecule has 4 nitrogen and oxygen atoms in total. The summed E-state index contributed by atoms with van der Waals surface area (Å²) >= 11 is 0. The lowest BCUT2D eigenvalue weighted by Crippen LogP contribution is -2.45. The summed E-state index contributed by atoms with van der Waals surface area (Å²) in [5.41, 5.74) is 2.18. The Morgan fingerprint density at radius 1 is 1.08 bits per heavy atom. The molecule has 0 unspecified atom stereocenters. The van der Waals surface area contributed by atoms with Crippen molar-refractivity contribution in [1.29, 1.82) is 0 Å². The molecule has 0 radical (unpaired) electrons. The fourth-order valence-corrected chi connectivity index (χ4v) is 3.49. The number of halogens is 1. The topological polar surface area (TPSA) is 36.4 Å². The SMILES string of the molecule is CC(C)[C@@H]1CN(Cc2ccncc2)CCC(=O)N1Cc1ccc(F)cc1. The molecular weight excluding hydrogens is 329 g/mol. The lowest BCUT2D eigenvalue weighted by Gasteiger charge is -2.35. The second-order valence-corrected chi connectivity index (χ2v) is 7.30. The van der Waals surface area contributed by atoms with Gasteiger partial charge >= 0.3 is 0 Å². The van der Waals surface area contributed by atoms with Gasteiger partial charge in [0.25, 0.3) is 0 Å². The molecule has 0 aliphatic carbocycles. The van der Waals surface area contributed by atoms with E-state index in [0.29, 0.717) is 18.9 Å². The summed E-state index contributed by atoms with van der Waals surface area (Å²) < 4.78 is 13.2. The fourth-order valence-electron chi connectivity index (χ4n) is 3.49. The molecule has 5 heteroatoms. The number of carbonyl (C=O) groups excluding carboxylic acids is 1. The van der Waals surface area contributed by atoms with Crippen LogP contribution in [0.4, 0.5) is 4.39 Å². The second-order valence-electron chi connectivity index (χ2n) is 7.30. The van der Waals surface area contributed by atoms with E-state index in [1.807, 2.05) is 17.0 Å². The zero-order valence-corrected chi connectivity index (χ0v) is 15.4. The normalized spacial score (nSPS) is 19.0. The van der Waals surface area contributed by atoms with Crippen LogP contribution in [0, 0.1) is 11.7 Å². The highest BCUT2D eigenvalue weighted by Crippen LogP contribution is 2.22. The van der Waals surface area contributed by atoms with Gasteiger partial charge in [-0.1, -0.05) is 26.0 Å². The lowest BCUT2D eigenvalue weighted by molar-refractivity contribution is -0.134. The monoisotopic (exact) mass is 355 g/mol. The maximum Gasteiger partial charge on any atom is 0.224 e. The van der Waals surface area contributed by atoms with Crippen LogP contribution >= 0.6 is 0 Å². The maximum atomic E-state index is 13.2. The summed E-state index contributed by atoms with van der Waals surface area (Å²) in [5.74, 6) is 0.266. The smallest absolute Gasteiger partial charge is 0.224 e. The van der Waals surface area contributed by atoms with Gasteiger partial charge in [0.1, 0.15) is 5.82 Å². The van der Waals surface area contributed by atoms with Gasteiger partial charge in [0.15, 0.2) is 0 Å². The highest BCUT2D eigenvalue weighted by Gasteiger charge is 2.31. The maximum absolute atomic E-state index is 13.2. The average molecular weight is 355 g/mol. The molecule has 0 spiro atoms. The predicted octanol–water partition coefficient (Wildman–Crippen LogP) is 3.48. The molecule has 0 saturated carbocycles. The second kappa shape index (κ2) is 8.41. The molecule has 1 aromatic heterocycles. The van der Waals surface area contributed by atoms with E-state index in [-0.39, 0.29) is 17.8 Å². The van der Waals surface area contributed by atoms with Gasteiger partial charge in [0, 0.05) is 51.0 Å². The van der Waals surface area contributed by atoms with Gasteiger partial charge in [-0.3, -0.25) is 14.7 Å². The average Bonchev–Trinajstić information content (AvgIpc) is 2.78. The van der Waals surface area contributed by atoms with E-state index >= 15 is 0 Å². The number of hydrogen-bond donors (Lipinski definition) is 0. The first kappa shape index (κ1) is 18.5. The van der Waals surface area contributed by atoms with Crippen LogP contribution in [-0.4, -0.2) is 39.8 Å². The molecule has 3 rings (SSSR count). The highest BCUT2D eigenvalue weighted by atomic mass is 19.1. The standard InChI is InChI=1S/C21H26FN3O/c1-16(2)20-15-24(13-18-7-10-23-11-8-18)12-9-21(26)25(20)14-17-3-5-19(22)6-4-17/h3-8,10-11,16,20H,9,12-15H2,1-2H3/t20-/m0/s1. The molecule has 26 heavy (non-hydrogen) atoms. The van der Waals surface area contributed by atoms with Crippen LogP contribution in [0.25, 0.3) is 0 Å². The Balaban J connectivity index is 1.76. The van der Waals surface area contributed by atoms with Crippen molar-refractivity contribution in [2.24, 2.45) is 5.92 Å². The summed E-state index contributed by atoms with van der Waals surface area (Å²) in [4.78, 5) is 21.2. The van der Waals surface area contributed by atoms with Crippen molar-refractivity contribution in [2.75, 3.05) is 13.1 Å². The van der Waals surface area contributed by atoms with E-state index in [1.165, 1.54) is 17.7 Å². The molecule has 2 heterocycles. The summed E-state index contributed by atoms with van der Waals surface area (Å²) in [6.45, 7) is 7.27. The minimum atomic E-state index is -0.250. The number of nitrogens with zero attached hydrogens (tertiary/aromatic N) is 3. The van der Waals surface area contributed by atoms with Crippen molar-refractivity contribution in [2.45, 2.75) is 39.4 Å². The molecule has 1 aromatic carbocycles. The van der Waals surface area contributed by atoms with E-state index in [0.717, 1.165) is 25.2 Å². The quantitative estimate of drug-likeness (QED) is 0.824. The Bertz CT molecular complexity index is 718. The van der Waals surface area contributed by atoms with Crippen LogP contribution in [0.15, 0.2) is 48.8 Å². The highest BCUT2D eigenvalue weighted by molar-refractivity contribution is 5.77.